The number of aliphatic hydroxyl groups is 1. The van der Waals surface area contributed by atoms with Crippen molar-refractivity contribution < 1.29 is 5.11 Å². The lowest BCUT2D eigenvalue weighted by Crippen LogP contribution is -2.12. The molecule has 0 saturated heterocycles. The first-order valence-corrected chi connectivity index (χ1v) is 7.65. The zero-order valence-electron chi connectivity index (χ0n) is 12.3. The number of aliphatic hydroxyl groups excluding tert-OH is 1. The maximum absolute atomic E-state index is 9.12. The molecule has 2 rings (SSSR count). The summed E-state index contributed by atoms with van der Waals surface area (Å²) in [4.78, 5) is 5.74. The molecule has 3 nitrogen and oxygen atoms in total. The Kier molecular flexibility index (Phi) is 4.91. The van der Waals surface area contributed by atoms with Gasteiger partial charge in [0, 0.05) is 29.6 Å². The minimum Gasteiger partial charge on any atom is -0.392 e. The second-order valence-corrected chi connectivity index (χ2v) is 7.08. The first-order chi connectivity index (χ1) is 9.49. The number of rotatable bonds is 5. The summed E-state index contributed by atoms with van der Waals surface area (Å²) >= 11 is 1.77. The molecular formula is C16H22N2OS. The highest BCUT2D eigenvalue weighted by Crippen LogP contribution is 2.26. The Labute approximate surface area is 124 Å². The second kappa shape index (κ2) is 6.48. The molecule has 0 radical (unpaired) electrons. The smallest absolute Gasteiger partial charge is 0.0981 e. The fourth-order valence-corrected chi connectivity index (χ4v) is 2.84. The summed E-state index contributed by atoms with van der Waals surface area (Å²) in [6, 6.07) is 8.01. The molecule has 0 amide bonds. The van der Waals surface area contributed by atoms with Crippen molar-refractivity contribution in [2.24, 2.45) is 0 Å². The standard InChI is InChI=1S/C16H22N2OS/c1-16(2,3)15-18-10-14(20-15)9-17-8-12-5-4-6-13(7-12)11-19/h4-7,10,17,19H,8-9,11H2,1-3H3. The number of aromatic nitrogens is 1. The van der Waals surface area contributed by atoms with Gasteiger partial charge in [-0.1, -0.05) is 45.0 Å². The molecule has 0 spiro atoms. The molecule has 2 aromatic rings. The van der Waals surface area contributed by atoms with Crippen LogP contribution in [0.25, 0.3) is 0 Å². The van der Waals surface area contributed by atoms with Gasteiger partial charge >= 0.3 is 0 Å². The van der Waals surface area contributed by atoms with Crippen molar-refractivity contribution in [3.63, 3.8) is 0 Å². The number of hydrogen-bond donors (Lipinski definition) is 2. The lowest BCUT2D eigenvalue weighted by Gasteiger charge is -2.13. The zero-order chi connectivity index (χ0) is 14.6. The van der Waals surface area contributed by atoms with Gasteiger partial charge in [0.1, 0.15) is 0 Å². The Morgan fingerprint density at radius 2 is 1.95 bits per heavy atom. The Bertz CT molecular complexity index is 558. The van der Waals surface area contributed by atoms with Crippen LogP contribution in [-0.4, -0.2) is 10.1 Å². The molecule has 0 fully saturated rings. The molecule has 0 aliphatic rings. The Morgan fingerprint density at radius 3 is 2.60 bits per heavy atom. The molecular weight excluding hydrogens is 268 g/mol. The van der Waals surface area contributed by atoms with Gasteiger partial charge in [-0.2, -0.15) is 0 Å². The molecule has 0 saturated carbocycles. The second-order valence-electron chi connectivity index (χ2n) is 5.96. The van der Waals surface area contributed by atoms with Crippen LogP contribution >= 0.6 is 11.3 Å². The van der Waals surface area contributed by atoms with Crippen LogP contribution in [0.3, 0.4) is 0 Å². The van der Waals surface area contributed by atoms with Crippen LogP contribution in [0.2, 0.25) is 0 Å². The van der Waals surface area contributed by atoms with Crippen molar-refractivity contribution in [3.8, 4) is 0 Å². The Morgan fingerprint density at radius 1 is 1.20 bits per heavy atom. The highest BCUT2D eigenvalue weighted by atomic mass is 32.1. The van der Waals surface area contributed by atoms with Gasteiger partial charge in [0.15, 0.2) is 0 Å². The highest BCUT2D eigenvalue weighted by molar-refractivity contribution is 7.11. The predicted molar refractivity (Wildman–Crippen MR) is 83.7 cm³/mol. The average Bonchev–Trinajstić information content (AvgIpc) is 2.88. The van der Waals surface area contributed by atoms with Crippen LogP contribution in [0.1, 0.15) is 41.8 Å². The van der Waals surface area contributed by atoms with Crippen molar-refractivity contribution in [1.82, 2.24) is 10.3 Å². The van der Waals surface area contributed by atoms with Crippen molar-refractivity contribution in [2.75, 3.05) is 0 Å². The van der Waals surface area contributed by atoms with Gasteiger partial charge < -0.3 is 10.4 Å². The van der Waals surface area contributed by atoms with E-state index in [1.165, 1.54) is 15.4 Å². The summed E-state index contributed by atoms with van der Waals surface area (Å²) in [5.41, 5.74) is 2.27. The first kappa shape index (κ1) is 15.2. The topological polar surface area (TPSA) is 45.2 Å². The number of nitrogens with one attached hydrogen (secondary N) is 1. The van der Waals surface area contributed by atoms with Crippen molar-refractivity contribution in [1.29, 1.82) is 0 Å². The van der Waals surface area contributed by atoms with E-state index in [4.69, 9.17) is 5.11 Å². The zero-order valence-corrected chi connectivity index (χ0v) is 13.1. The Balaban J connectivity index is 1.88. The summed E-state index contributed by atoms with van der Waals surface area (Å²) in [6.07, 6.45) is 1.96. The van der Waals surface area contributed by atoms with E-state index < -0.39 is 0 Å². The molecule has 1 heterocycles. The normalized spacial score (nSPS) is 11.8. The quantitative estimate of drug-likeness (QED) is 0.888. The van der Waals surface area contributed by atoms with E-state index in [0.717, 1.165) is 18.7 Å². The van der Waals surface area contributed by atoms with Gasteiger partial charge in [-0.15, -0.1) is 11.3 Å². The number of hydrogen-bond acceptors (Lipinski definition) is 4. The molecule has 1 aromatic carbocycles. The Hall–Kier alpha value is -1.23. The molecule has 108 valence electrons. The SMILES string of the molecule is CC(C)(C)c1ncc(CNCc2cccc(CO)c2)s1. The highest BCUT2D eigenvalue weighted by Gasteiger charge is 2.17. The lowest BCUT2D eigenvalue weighted by atomic mass is 9.98. The van der Waals surface area contributed by atoms with Gasteiger partial charge in [0.25, 0.3) is 0 Å². The fraction of sp³-hybridized carbons (Fsp3) is 0.438. The van der Waals surface area contributed by atoms with E-state index >= 15 is 0 Å². The van der Waals surface area contributed by atoms with Crippen molar-refractivity contribution >= 4 is 11.3 Å². The third-order valence-corrected chi connectivity index (χ3v) is 4.42. The number of benzene rings is 1. The molecule has 2 N–H and O–H groups in total. The molecule has 0 atom stereocenters. The average molecular weight is 290 g/mol. The van der Waals surface area contributed by atoms with Gasteiger partial charge in [0.2, 0.25) is 0 Å². The number of thiazole rings is 1. The summed E-state index contributed by atoms with van der Waals surface area (Å²) < 4.78 is 0. The summed E-state index contributed by atoms with van der Waals surface area (Å²) in [5, 5.41) is 13.7. The van der Waals surface area contributed by atoms with E-state index in [1.807, 2.05) is 24.4 Å². The number of nitrogens with zero attached hydrogens (tertiary/aromatic N) is 1. The molecule has 0 aliphatic carbocycles. The lowest BCUT2D eigenvalue weighted by molar-refractivity contribution is 0.281. The third kappa shape index (κ3) is 4.13. The first-order valence-electron chi connectivity index (χ1n) is 6.83. The van der Waals surface area contributed by atoms with E-state index in [2.05, 4.69) is 37.1 Å². The monoisotopic (exact) mass is 290 g/mol. The molecule has 20 heavy (non-hydrogen) atoms. The van der Waals surface area contributed by atoms with Crippen molar-refractivity contribution in [3.05, 3.63) is 51.5 Å². The van der Waals surface area contributed by atoms with Crippen LogP contribution in [0.5, 0.6) is 0 Å². The molecule has 0 bridgehead atoms. The minimum atomic E-state index is 0.0949. The van der Waals surface area contributed by atoms with Gasteiger partial charge in [0.05, 0.1) is 11.6 Å². The van der Waals surface area contributed by atoms with Crippen LogP contribution in [0, 0.1) is 0 Å². The summed E-state index contributed by atoms with van der Waals surface area (Å²) in [6.45, 7) is 8.28. The fourth-order valence-electron chi connectivity index (χ4n) is 1.90. The van der Waals surface area contributed by atoms with E-state index in [0.29, 0.717) is 0 Å². The molecule has 0 aliphatic heterocycles. The van der Waals surface area contributed by atoms with Gasteiger partial charge in [-0.05, 0) is 11.1 Å². The van der Waals surface area contributed by atoms with Crippen molar-refractivity contribution in [2.45, 2.75) is 45.9 Å². The van der Waals surface area contributed by atoms with Gasteiger partial charge in [-0.3, -0.25) is 0 Å². The molecule has 1 aromatic heterocycles. The van der Waals surface area contributed by atoms with E-state index in [9.17, 15) is 0 Å². The van der Waals surface area contributed by atoms with Crippen LogP contribution in [0.15, 0.2) is 30.5 Å². The largest absolute Gasteiger partial charge is 0.392 e. The summed E-state index contributed by atoms with van der Waals surface area (Å²) in [7, 11) is 0. The van der Waals surface area contributed by atoms with Crippen LogP contribution < -0.4 is 5.32 Å². The van der Waals surface area contributed by atoms with E-state index in [-0.39, 0.29) is 12.0 Å². The maximum Gasteiger partial charge on any atom is 0.0981 e. The predicted octanol–water partition coefficient (Wildman–Crippen LogP) is 3.22. The van der Waals surface area contributed by atoms with Crippen LogP contribution in [0.4, 0.5) is 0 Å². The molecule has 4 heteroatoms. The maximum atomic E-state index is 9.12. The molecule has 0 unspecified atom stereocenters. The van der Waals surface area contributed by atoms with Crippen LogP contribution in [-0.2, 0) is 25.1 Å². The minimum absolute atomic E-state index is 0.0949. The van der Waals surface area contributed by atoms with E-state index in [1.54, 1.807) is 11.3 Å². The van der Waals surface area contributed by atoms with Gasteiger partial charge in [-0.25, -0.2) is 4.98 Å². The summed E-state index contributed by atoms with van der Waals surface area (Å²) in [5.74, 6) is 0. The third-order valence-electron chi connectivity index (χ3n) is 3.00.